The van der Waals surface area contributed by atoms with E-state index < -0.39 is 6.10 Å². The van der Waals surface area contributed by atoms with Gasteiger partial charge in [-0.2, -0.15) is 0 Å². The molecule has 3 aliphatic heterocycles. The Bertz CT molecular complexity index is 1070. The maximum absolute atomic E-state index is 12.8. The third kappa shape index (κ3) is 3.47. The van der Waals surface area contributed by atoms with Crippen molar-refractivity contribution in [1.29, 1.82) is 0 Å². The highest BCUT2D eigenvalue weighted by Crippen LogP contribution is 2.59. The summed E-state index contributed by atoms with van der Waals surface area (Å²) in [4.78, 5) is 18.9. The van der Waals surface area contributed by atoms with Gasteiger partial charge in [0, 0.05) is 37.4 Å². The van der Waals surface area contributed by atoms with Gasteiger partial charge >= 0.3 is 0 Å². The fraction of sp³-hybridized carbons (Fsp3) is 0.520. The Labute approximate surface area is 194 Å². The van der Waals surface area contributed by atoms with Gasteiger partial charge in [0.2, 0.25) is 5.88 Å². The average molecular weight is 450 g/mol. The van der Waals surface area contributed by atoms with Crippen molar-refractivity contribution in [3.8, 4) is 12.3 Å². The molecular formula is C25H31N5O3. The summed E-state index contributed by atoms with van der Waals surface area (Å²) in [6.07, 6.45) is 17.9. The minimum absolute atomic E-state index is 0.00578. The van der Waals surface area contributed by atoms with Crippen LogP contribution in [0.15, 0.2) is 42.2 Å². The molecule has 3 fully saturated rings. The van der Waals surface area contributed by atoms with E-state index in [9.17, 15) is 9.90 Å². The lowest BCUT2D eigenvalue weighted by molar-refractivity contribution is -0.163. The van der Waals surface area contributed by atoms with Crippen molar-refractivity contribution in [2.24, 2.45) is 17.2 Å². The number of piperidine rings is 1. The molecule has 2 saturated heterocycles. The van der Waals surface area contributed by atoms with Crippen molar-refractivity contribution >= 4 is 11.5 Å². The Morgan fingerprint density at radius 3 is 2.85 bits per heavy atom. The molecule has 0 radical (unpaired) electrons. The number of aliphatic hydroxyl groups is 1. The fourth-order valence-electron chi connectivity index (χ4n) is 6.00. The number of aliphatic hydroxyl groups excluding tert-OH is 1. The number of terminal acetylenes is 1. The van der Waals surface area contributed by atoms with Gasteiger partial charge in [0.15, 0.2) is 0 Å². The number of hydrogen-bond acceptors (Lipinski definition) is 6. The number of hydrogen-bond donors (Lipinski definition) is 2. The number of rotatable bonds is 3. The van der Waals surface area contributed by atoms with Crippen molar-refractivity contribution in [2.75, 3.05) is 26.2 Å². The zero-order valence-corrected chi connectivity index (χ0v) is 19.0. The Morgan fingerprint density at radius 2 is 2.18 bits per heavy atom. The molecule has 0 bridgehead atoms. The predicted octanol–water partition coefficient (Wildman–Crippen LogP) is 1.83. The Kier molecular flexibility index (Phi) is 5.55. The molecule has 1 aliphatic carbocycles. The molecule has 0 unspecified atom stereocenters. The number of fused-ring (bicyclic) bond motifs is 1. The number of nitrogens with two attached hydrogens (primary N) is 1. The van der Waals surface area contributed by atoms with Gasteiger partial charge in [-0.1, -0.05) is 18.1 Å². The highest BCUT2D eigenvalue weighted by atomic mass is 16.5. The van der Waals surface area contributed by atoms with Gasteiger partial charge < -0.3 is 19.3 Å². The third-order valence-electron chi connectivity index (χ3n) is 7.79. The number of carbonyl (C=O) groups excluding carboxylic acids is 1. The minimum atomic E-state index is -0.452. The van der Waals surface area contributed by atoms with Crippen LogP contribution in [0.1, 0.15) is 44.3 Å². The molecule has 0 aromatic carbocycles. The number of allylic oxidation sites excluding steroid dienone is 4. The summed E-state index contributed by atoms with van der Waals surface area (Å²) in [5.41, 5.74) is 2.72. The lowest BCUT2D eigenvalue weighted by Gasteiger charge is -2.58. The summed E-state index contributed by atoms with van der Waals surface area (Å²) in [6.45, 7) is 4.47. The van der Waals surface area contributed by atoms with E-state index in [4.69, 9.17) is 17.0 Å². The monoisotopic (exact) mass is 449 g/mol. The molecule has 1 amide bonds. The molecule has 4 heterocycles. The first-order valence-electron chi connectivity index (χ1n) is 11.7. The number of likely N-dealkylation sites (tertiary alicyclic amines) is 1. The van der Waals surface area contributed by atoms with E-state index in [1.54, 1.807) is 6.20 Å². The summed E-state index contributed by atoms with van der Waals surface area (Å²) < 4.78 is 7.64. The van der Waals surface area contributed by atoms with E-state index in [1.807, 2.05) is 24.2 Å². The van der Waals surface area contributed by atoms with Gasteiger partial charge in [-0.05, 0) is 31.8 Å². The van der Waals surface area contributed by atoms with Crippen LogP contribution in [-0.2, 0) is 9.53 Å². The molecule has 1 aromatic rings. The molecule has 5 rings (SSSR count). The first-order chi connectivity index (χ1) is 16.0. The van der Waals surface area contributed by atoms with Crippen LogP contribution >= 0.6 is 0 Å². The first kappa shape index (κ1) is 21.8. The van der Waals surface area contributed by atoms with Crippen LogP contribution in [0.25, 0.3) is 5.57 Å². The third-order valence-corrected chi connectivity index (χ3v) is 7.79. The molecule has 3 atom stereocenters. The molecule has 4 aliphatic rings. The molecule has 8 nitrogen and oxygen atoms in total. The number of imidazole rings is 1. The van der Waals surface area contributed by atoms with E-state index in [-0.39, 0.29) is 23.3 Å². The topological polar surface area (TPSA) is 96.9 Å². The summed E-state index contributed by atoms with van der Waals surface area (Å²) in [6, 6.07) is -0.00578. The average Bonchev–Trinajstić information content (AvgIpc) is 3.40. The lowest BCUT2D eigenvalue weighted by atomic mass is 9.53. The maximum Gasteiger partial charge on any atom is 0.251 e. The van der Waals surface area contributed by atoms with Crippen molar-refractivity contribution in [3.05, 3.63) is 47.9 Å². The molecule has 1 spiro atoms. The van der Waals surface area contributed by atoms with E-state index >= 15 is 0 Å². The van der Waals surface area contributed by atoms with Gasteiger partial charge in [-0.15, -0.1) is 6.42 Å². The zero-order valence-electron chi connectivity index (χ0n) is 19.0. The van der Waals surface area contributed by atoms with Gasteiger partial charge in [0.1, 0.15) is 0 Å². The van der Waals surface area contributed by atoms with Gasteiger partial charge in [-0.25, -0.2) is 10.8 Å². The molecular weight excluding hydrogens is 418 g/mol. The van der Waals surface area contributed by atoms with Crippen LogP contribution in [0.4, 0.5) is 0 Å². The van der Waals surface area contributed by atoms with Crippen molar-refractivity contribution < 1.29 is 14.6 Å². The number of aromatic nitrogens is 2. The Balaban J connectivity index is 1.27. The van der Waals surface area contributed by atoms with Crippen LogP contribution in [0.5, 0.6) is 0 Å². The van der Waals surface area contributed by atoms with E-state index in [0.29, 0.717) is 32.1 Å². The van der Waals surface area contributed by atoms with Crippen LogP contribution < -0.4 is 5.84 Å². The normalized spacial score (nSPS) is 29.9. The lowest BCUT2D eigenvalue weighted by Crippen LogP contribution is -2.59. The van der Waals surface area contributed by atoms with Crippen molar-refractivity contribution in [3.63, 3.8) is 0 Å². The quantitative estimate of drug-likeness (QED) is 0.415. The second-order valence-corrected chi connectivity index (χ2v) is 9.48. The number of ether oxygens (including phenoxy) is 1. The van der Waals surface area contributed by atoms with Crippen LogP contribution in [0.3, 0.4) is 0 Å². The summed E-state index contributed by atoms with van der Waals surface area (Å²) in [7, 11) is 0. The largest absolute Gasteiger partial charge is 0.478 e. The second-order valence-electron chi connectivity index (χ2n) is 9.48. The first-order valence-corrected chi connectivity index (χ1v) is 11.7. The highest BCUT2D eigenvalue weighted by molar-refractivity contribution is 5.88. The smallest absolute Gasteiger partial charge is 0.251 e. The Morgan fingerprint density at radius 1 is 1.39 bits per heavy atom. The fourth-order valence-corrected chi connectivity index (χ4v) is 6.00. The number of amides is 1. The zero-order chi connectivity index (χ0) is 23.2. The maximum atomic E-state index is 12.8. The summed E-state index contributed by atoms with van der Waals surface area (Å²) >= 11 is 0. The molecule has 1 aromatic heterocycles. The highest BCUT2D eigenvalue weighted by Gasteiger charge is 2.58. The summed E-state index contributed by atoms with van der Waals surface area (Å²) in [5, 5.41) is 12.9. The number of carbonyl (C=O) groups is 1. The number of hydrazine groups is 1. The van der Waals surface area contributed by atoms with E-state index in [2.05, 4.69) is 21.5 Å². The second kappa shape index (κ2) is 8.40. The van der Waals surface area contributed by atoms with Crippen LogP contribution in [-0.4, -0.2) is 62.8 Å². The standard InChI is InChI=1S/C25H31N5O3/c1-3-6-18-17(4-2)20-15-27-16-29(20)23(18)19-14-25(24(19)32)7-10-28(11-8-25)21(31)13-22-30(26)9-5-12-33-22/h2-3,6,13,15-16,19,23-24,32H,5,7-12,14,26H2,1H3/b6-3-,22-13-/t19-,23+,24+/m0/s1. The van der Waals surface area contributed by atoms with E-state index in [0.717, 1.165) is 42.5 Å². The van der Waals surface area contributed by atoms with Gasteiger partial charge in [0.25, 0.3) is 5.91 Å². The molecule has 8 heteroatoms. The number of nitrogens with zero attached hydrogens (tertiary/aromatic N) is 4. The predicted molar refractivity (Wildman–Crippen MR) is 124 cm³/mol. The van der Waals surface area contributed by atoms with Gasteiger partial charge in [-0.3, -0.25) is 9.80 Å². The SMILES string of the molecule is C#CC1=C(/C=C\C)[C@H]([C@@H]2CC3(CCN(C(=O)/C=C4\OCCCN4N)CC3)[C@@H]2O)n2cncc21. The Hall–Kier alpha value is -3.02. The van der Waals surface area contributed by atoms with Crippen molar-refractivity contribution in [2.45, 2.75) is 44.8 Å². The molecule has 33 heavy (non-hydrogen) atoms. The minimum Gasteiger partial charge on any atom is -0.478 e. The molecule has 1 saturated carbocycles. The molecule has 3 N–H and O–H groups in total. The van der Waals surface area contributed by atoms with Crippen LogP contribution in [0.2, 0.25) is 0 Å². The molecule has 174 valence electrons. The van der Waals surface area contributed by atoms with E-state index in [1.165, 1.54) is 11.1 Å². The summed E-state index contributed by atoms with van der Waals surface area (Å²) in [5.74, 6) is 9.16. The van der Waals surface area contributed by atoms with Crippen LogP contribution in [0, 0.1) is 23.7 Å². The van der Waals surface area contributed by atoms with Gasteiger partial charge in [0.05, 0.1) is 48.6 Å². The van der Waals surface area contributed by atoms with Crippen molar-refractivity contribution in [1.82, 2.24) is 19.5 Å².